The van der Waals surface area contributed by atoms with Gasteiger partial charge in [-0.2, -0.15) is 0 Å². The summed E-state index contributed by atoms with van der Waals surface area (Å²) in [5.74, 6) is 0.937. The first-order valence-corrected chi connectivity index (χ1v) is 8.78. The number of hydrogen-bond acceptors (Lipinski definition) is 2. The summed E-state index contributed by atoms with van der Waals surface area (Å²) in [6.07, 6.45) is 1.03. The van der Waals surface area contributed by atoms with Crippen molar-refractivity contribution in [3.63, 3.8) is 0 Å². The van der Waals surface area contributed by atoms with Gasteiger partial charge in [0.05, 0.1) is 6.61 Å². The lowest BCUT2D eigenvalue weighted by molar-refractivity contribution is -0.00315. The van der Waals surface area contributed by atoms with E-state index in [1.807, 2.05) is 0 Å². The van der Waals surface area contributed by atoms with Crippen molar-refractivity contribution in [2.75, 3.05) is 13.2 Å². The molecule has 0 aliphatic heterocycles. The molecule has 2 nitrogen and oxygen atoms in total. The Kier molecular flexibility index (Phi) is 6.32. The van der Waals surface area contributed by atoms with Crippen molar-refractivity contribution in [3.8, 4) is 5.75 Å². The van der Waals surface area contributed by atoms with Crippen molar-refractivity contribution >= 4 is 0 Å². The first kappa shape index (κ1) is 20.0. The molecule has 1 aromatic rings. The molecule has 0 saturated carbocycles. The van der Waals surface area contributed by atoms with Gasteiger partial charge in [-0.15, -0.1) is 0 Å². The van der Waals surface area contributed by atoms with Crippen molar-refractivity contribution in [3.05, 3.63) is 29.3 Å². The molecule has 23 heavy (non-hydrogen) atoms. The summed E-state index contributed by atoms with van der Waals surface area (Å²) < 4.78 is 12.0. The van der Waals surface area contributed by atoms with Crippen LogP contribution in [0.3, 0.4) is 0 Å². The second-order valence-electron chi connectivity index (χ2n) is 9.16. The molecule has 0 atom stereocenters. The van der Waals surface area contributed by atoms with Gasteiger partial charge in [0.1, 0.15) is 11.4 Å². The summed E-state index contributed by atoms with van der Waals surface area (Å²) in [6, 6.07) is 6.67. The lowest BCUT2D eigenvalue weighted by atomic mass is 9.80. The van der Waals surface area contributed by atoms with E-state index in [0.29, 0.717) is 6.61 Å². The van der Waals surface area contributed by atoms with Gasteiger partial charge in [0, 0.05) is 6.61 Å². The van der Waals surface area contributed by atoms with Crippen molar-refractivity contribution in [1.82, 2.24) is 0 Å². The average Bonchev–Trinajstić information content (AvgIpc) is 2.35. The maximum Gasteiger partial charge on any atom is 0.127 e. The molecule has 0 saturated heterocycles. The fourth-order valence-corrected chi connectivity index (χ4v) is 2.33. The monoisotopic (exact) mass is 320 g/mol. The predicted molar refractivity (Wildman–Crippen MR) is 99.7 cm³/mol. The Morgan fingerprint density at radius 3 is 1.65 bits per heavy atom. The average molecular weight is 321 g/mol. The molecule has 0 unspecified atom stereocenters. The molecule has 0 aromatic heterocycles. The number of hydrogen-bond donors (Lipinski definition) is 0. The van der Waals surface area contributed by atoms with E-state index in [9.17, 15) is 0 Å². The molecule has 132 valence electrons. The molecule has 0 amide bonds. The molecule has 0 heterocycles. The largest absolute Gasteiger partial charge is 0.485 e. The Bertz CT molecular complexity index is 469. The highest BCUT2D eigenvalue weighted by Crippen LogP contribution is 2.34. The van der Waals surface area contributed by atoms with E-state index >= 15 is 0 Å². The van der Waals surface area contributed by atoms with E-state index in [1.165, 1.54) is 11.1 Å². The Hall–Kier alpha value is -1.02. The molecule has 0 N–H and O–H groups in total. The zero-order valence-corrected chi connectivity index (χ0v) is 16.7. The molecular weight excluding hydrogens is 284 g/mol. The van der Waals surface area contributed by atoms with Crippen molar-refractivity contribution in [2.45, 2.75) is 85.2 Å². The Morgan fingerprint density at radius 1 is 0.783 bits per heavy atom. The highest BCUT2D eigenvalue weighted by Gasteiger charge is 2.24. The highest BCUT2D eigenvalue weighted by molar-refractivity contribution is 5.40. The smallest absolute Gasteiger partial charge is 0.127 e. The second-order valence-corrected chi connectivity index (χ2v) is 9.16. The van der Waals surface area contributed by atoms with Crippen LogP contribution in [0.25, 0.3) is 0 Å². The van der Waals surface area contributed by atoms with Gasteiger partial charge in [-0.1, -0.05) is 54.5 Å². The van der Waals surface area contributed by atoms with Crippen LogP contribution in [0.1, 0.15) is 79.9 Å². The third kappa shape index (κ3) is 6.55. The summed E-state index contributed by atoms with van der Waals surface area (Å²) in [6.45, 7) is 21.1. The van der Waals surface area contributed by atoms with Crippen LogP contribution in [0.2, 0.25) is 0 Å². The van der Waals surface area contributed by atoms with Crippen molar-refractivity contribution < 1.29 is 9.47 Å². The van der Waals surface area contributed by atoms with Crippen molar-refractivity contribution in [2.24, 2.45) is 0 Å². The molecule has 1 aromatic carbocycles. The third-order valence-corrected chi connectivity index (χ3v) is 3.83. The second kappa shape index (κ2) is 7.25. The van der Waals surface area contributed by atoms with Crippen LogP contribution < -0.4 is 4.74 Å². The topological polar surface area (TPSA) is 18.5 Å². The number of ether oxygens (including phenoxy) is 2. The van der Waals surface area contributed by atoms with Gasteiger partial charge in [-0.05, 0) is 54.4 Å². The molecule has 0 spiro atoms. The summed E-state index contributed by atoms with van der Waals surface area (Å²) in [4.78, 5) is 0. The first-order chi connectivity index (χ1) is 10.3. The third-order valence-electron chi connectivity index (χ3n) is 3.83. The molecular formula is C21H36O2. The zero-order valence-electron chi connectivity index (χ0n) is 16.7. The molecule has 0 aliphatic rings. The molecule has 0 bridgehead atoms. The Morgan fingerprint density at radius 2 is 1.26 bits per heavy atom. The van der Waals surface area contributed by atoms with Crippen LogP contribution in [-0.4, -0.2) is 18.8 Å². The summed E-state index contributed by atoms with van der Waals surface area (Å²) in [7, 11) is 0. The van der Waals surface area contributed by atoms with E-state index in [0.717, 1.165) is 18.8 Å². The van der Waals surface area contributed by atoms with E-state index < -0.39 is 0 Å². The summed E-state index contributed by atoms with van der Waals surface area (Å²) >= 11 is 0. The summed E-state index contributed by atoms with van der Waals surface area (Å²) in [5, 5.41) is 0. The van der Waals surface area contributed by atoms with Gasteiger partial charge in [0.25, 0.3) is 0 Å². The highest BCUT2D eigenvalue weighted by atomic mass is 16.5. The van der Waals surface area contributed by atoms with Gasteiger partial charge >= 0.3 is 0 Å². The molecule has 0 aliphatic carbocycles. The standard InChI is InChI=1S/C21H36O2/c1-10-11-22-15-21(8,9)23-18-13-16(19(2,3)4)12-17(14-18)20(5,6)7/h12-14H,10-11,15H2,1-9H3. The van der Waals surface area contributed by atoms with Crippen LogP contribution in [-0.2, 0) is 15.6 Å². The first-order valence-electron chi connectivity index (χ1n) is 8.78. The maximum atomic E-state index is 6.30. The van der Waals surface area contributed by atoms with E-state index in [-0.39, 0.29) is 16.4 Å². The SMILES string of the molecule is CCCOCC(C)(C)Oc1cc(C(C)(C)C)cc(C(C)(C)C)c1. The fourth-order valence-electron chi connectivity index (χ4n) is 2.33. The van der Waals surface area contributed by atoms with Crippen LogP contribution in [0, 0.1) is 0 Å². The minimum atomic E-state index is -0.333. The van der Waals surface area contributed by atoms with Gasteiger partial charge in [0.2, 0.25) is 0 Å². The van der Waals surface area contributed by atoms with E-state index in [4.69, 9.17) is 9.47 Å². The van der Waals surface area contributed by atoms with Gasteiger partial charge in [0.15, 0.2) is 0 Å². The van der Waals surface area contributed by atoms with Crippen LogP contribution >= 0.6 is 0 Å². The normalized spacial score (nSPS) is 13.3. The quantitative estimate of drug-likeness (QED) is 0.611. The molecule has 0 radical (unpaired) electrons. The van der Waals surface area contributed by atoms with Gasteiger partial charge < -0.3 is 9.47 Å². The molecule has 0 fully saturated rings. The lowest BCUT2D eigenvalue weighted by Crippen LogP contribution is -2.34. The molecule has 2 heteroatoms. The van der Waals surface area contributed by atoms with Crippen LogP contribution in [0.5, 0.6) is 5.75 Å². The number of rotatable bonds is 6. The minimum absolute atomic E-state index is 0.0994. The fraction of sp³-hybridized carbons (Fsp3) is 0.714. The Labute approximate surface area is 143 Å². The van der Waals surface area contributed by atoms with Crippen molar-refractivity contribution in [1.29, 1.82) is 0 Å². The number of benzene rings is 1. The van der Waals surface area contributed by atoms with E-state index in [1.54, 1.807) is 0 Å². The van der Waals surface area contributed by atoms with Crippen LogP contribution in [0.15, 0.2) is 18.2 Å². The summed E-state index contributed by atoms with van der Waals surface area (Å²) in [5.41, 5.74) is 2.49. The van der Waals surface area contributed by atoms with Gasteiger partial charge in [-0.3, -0.25) is 0 Å². The van der Waals surface area contributed by atoms with Gasteiger partial charge in [-0.25, -0.2) is 0 Å². The Balaban J connectivity index is 3.10. The van der Waals surface area contributed by atoms with Crippen LogP contribution in [0.4, 0.5) is 0 Å². The lowest BCUT2D eigenvalue weighted by Gasteiger charge is -2.30. The zero-order chi connectivity index (χ0) is 17.9. The minimum Gasteiger partial charge on any atom is -0.485 e. The van der Waals surface area contributed by atoms with E-state index in [2.05, 4.69) is 80.5 Å². The maximum absolute atomic E-state index is 6.30. The molecule has 1 rings (SSSR count). The predicted octanol–water partition coefficient (Wildman–Crippen LogP) is 5.87.